The molecule has 1 heterocycles. The second-order valence-corrected chi connectivity index (χ2v) is 6.52. The lowest BCUT2D eigenvalue weighted by molar-refractivity contribution is -0.136. The number of amides is 1. The molecule has 6 nitrogen and oxygen atoms in total. The van der Waals surface area contributed by atoms with Crippen molar-refractivity contribution in [2.45, 2.75) is 6.04 Å². The Labute approximate surface area is 164 Å². The normalized spacial score (nSPS) is 15.1. The molecule has 2 aromatic carbocycles. The Bertz CT molecular complexity index is 779. The lowest BCUT2D eigenvalue weighted by Gasteiger charge is -2.31. The summed E-state index contributed by atoms with van der Waals surface area (Å²) in [6.07, 6.45) is 0. The molecule has 0 bridgehead atoms. The van der Waals surface area contributed by atoms with E-state index in [1.165, 1.54) is 0 Å². The van der Waals surface area contributed by atoms with Crippen LogP contribution in [0.1, 0.15) is 11.6 Å². The third-order valence-electron chi connectivity index (χ3n) is 4.48. The van der Waals surface area contributed by atoms with Gasteiger partial charge >= 0.3 is 0 Å². The van der Waals surface area contributed by atoms with Crippen molar-refractivity contribution in [1.29, 1.82) is 0 Å². The minimum absolute atomic E-state index is 0.0153. The van der Waals surface area contributed by atoms with E-state index in [2.05, 4.69) is 5.32 Å². The molecule has 3 rings (SSSR count). The van der Waals surface area contributed by atoms with Gasteiger partial charge in [-0.2, -0.15) is 0 Å². The Morgan fingerprint density at radius 1 is 1.11 bits per heavy atom. The van der Waals surface area contributed by atoms with Gasteiger partial charge in [0.2, 0.25) is 5.91 Å². The molecule has 1 fully saturated rings. The highest BCUT2D eigenvalue weighted by atomic mass is 35.5. The fourth-order valence-corrected chi connectivity index (χ4v) is 3.27. The van der Waals surface area contributed by atoms with Gasteiger partial charge in [0.15, 0.2) is 0 Å². The van der Waals surface area contributed by atoms with Crippen LogP contribution < -0.4 is 14.8 Å². The highest BCUT2D eigenvalue weighted by molar-refractivity contribution is 6.32. The van der Waals surface area contributed by atoms with E-state index in [0.29, 0.717) is 48.5 Å². The van der Waals surface area contributed by atoms with E-state index >= 15 is 0 Å². The lowest BCUT2D eigenvalue weighted by Crippen LogP contribution is -2.44. The number of ether oxygens (including phenoxy) is 3. The van der Waals surface area contributed by atoms with Crippen molar-refractivity contribution in [1.82, 2.24) is 4.90 Å². The summed E-state index contributed by atoms with van der Waals surface area (Å²) in [5, 5.41) is 3.74. The molecule has 2 aromatic rings. The highest BCUT2D eigenvalue weighted by Gasteiger charge is 2.28. The van der Waals surface area contributed by atoms with E-state index in [0.717, 1.165) is 5.56 Å². The van der Waals surface area contributed by atoms with Crippen LogP contribution in [-0.2, 0) is 9.53 Å². The smallest absolute Gasteiger partial charge is 0.249 e. The third kappa shape index (κ3) is 4.46. The summed E-state index contributed by atoms with van der Waals surface area (Å²) in [5.41, 5.74) is 1.49. The van der Waals surface area contributed by atoms with Gasteiger partial charge < -0.3 is 24.4 Å². The van der Waals surface area contributed by atoms with Crippen LogP contribution in [0.4, 0.5) is 5.69 Å². The van der Waals surface area contributed by atoms with Gasteiger partial charge in [0.05, 0.1) is 38.1 Å². The molecule has 0 unspecified atom stereocenters. The first-order chi connectivity index (χ1) is 13.1. The van der Waals surface area contributed by atoms with Crippen LogP contribution in [0.15, 0.2) is 42.5 Å². The predicted molar refractivity (Wildman–Crippen MR) is 105 cm³/mol. The first kappa shape index (κ1) is 19.3. The minimum atomic E-state index is -0.567. The lowest BCUT2D eigenvalue weighted by atomic mass is 10.0. The van der Waals surface area contributed by atoms with Gasteiger partial charge in [0.25, 0.3) is 0 Å². The van der Waals surface area contributed by atoms with Crippen LogP contribution in [0, 0.1) is 0 Å². The Balaban J connectivity index is 1.94. The molecular weight excluding hydrogens is 368 g/mol. The molecule has 1 N–H and O–H groups in total. The van der Waals surface area contributed by atoms with Crippen molar-refractivity contribution in [3.63, 3.8) is 0 Å². The number of benzene rings is 2. The summed E-state index contributed by atoms with van der Waals surface area (Å²) in [6, 6.07) is 12.4. The molecule has 1 aliphatic rings. The standard InChI is InChI=1S/C20H23ClN2O4/c1-25-17-13-18(26-2)16(12-15(17)21)22-19(14-6-4-3-5-7-14)20(24)23-8-10-27-11-9-23/h3-7,12-13,19,22H,8-11H2,1-2H3/t19-/m1/s1. The summed E-state index contributed by atoms with van der Waals surface area (Å²) < 4.78 is 16.1. The fraction of sp³-hybridized carbons (Fsp3) is 0.350. The van der Waals surface area contributed by atoms with Crippen LogP contribution in [0.2, 0.25) is 5.02 Å². The number of morpholine rings is 1. The van der Waals surface area contributed by atoms with Gasteiger partial charge in [-0.05, 0) is 11.6 Å². The maximum Gasteiger partial charge on any atom is 0.249 e. The molecule has 0 saturated carbocycles. The van der Waals surface area contributed by atoms with Gasteiger partial charge in [-0.1, -0.05) is 41.9 Å². The maximum atomic E-state index is 13.2. The van der Waals surface area contributed by atoms with Crippen LogP contribution >= 0.6 is 11.6 Å². The molecule has 1 amide bonds. The second kappa shape index (κ2) is 8.97. The SMILES string of the molecule is COc1cc(OC)c(N[C@@H](C(=O)N2CCOCC2)c2ccccc2)cc1Cl. The van der Waals surface area contributed by atoms with Crippen LogP contribution in [0.25, 0.3) is 0 Å². The first-order valence-corrected chi connectivity index (χ1v) is 9.11. The second-order valence-electron chi connectivity index (χ2n) is 6.11. The zero-order valence-corrected chi connectivity index (χ0v) is 16.2. The number of nitrogens with one attached hydrogen (secondary N) is 1. The molecule has 7 heteroatoms. The number of hydrogen-bond acceptors (Lipinski definition) is 5. The molecule has 144 valence electrons. The van der Waals surface area contributed by atoms with Crippen molar-refractivity contribution in [2.75, 3.05) is 45.8 Å². The maximum absolute atomic E-state index is 13.2. The molecule has 0 aliphatic carbocycles. The van der Waals surface area contributed by atoms with E-state index in [-0.39, 0.29) is 5.91 Å². The summed E-state index contributed by atoms with van der Waals surface area (Å²) >= 11 is 6.28. The Morgan fingerprint density at radius 3 is 2.41 bits per heavy atom. The predicted octanol–water partition coefficient (Wildman–Crippen LogP) is 3.37. The van der Waals surface area contributed by atoms with Gasteiger partial charge in [0.1, 0.15) is 17.5 Å². The van der Waals surface area contributed by atoms with Gasteiger partial charge in [-0.15, -0.1) is 0 Å². The van der Waals surface area contributed by atoms with E-state index in [1.54, 1.807) is 26.4 Å². The van der Waals surface area contributed by atoms with Gasteiger partial charge in [0, 0.05) is 19.2 Å². The van der Waals surface area contributed by atoms with Crippen molar-refractivity contribution < 1.29 is 19.0 Å². The Morgan fingerprint density at radius 2 is 1.78 bits per heavy atom. The molecule has 27 heavy (non-hydrogen) atoms. The molecule has 1 saturated heterocycles. The highest BCUT2D eigenvalue weighted by Crippen LogP contribution is 2.37. The summed E-state index contributed by atoms with van der Waals surface area (Å²) in [7, 11) is 3.11. The van der Waals surface area contributed by atoms with E-state index < -0.39 is 6.04 Å². The number of carbonyl (C=O) groups is 1. The number of rotatable bonds is 6. The zero-order chi connectivity index (χ0) is 19.2. The number of hydrogen-bond donors (Lipinski definition) is 1. The minimum Gasteiger partial charge on any atom is -0.495 e. The first-order valence-electron chi connectivity index (χ1n) is 8.73. The Kier molecular flexibility index (Phi) is 6.42. The van der Waals surface area contributed by atoms with Crippen molar-refractivity contribution in [3.05, 3.63) is 53.1 Å². The average molecular weight is 391 g/mol. The van der Waals surface area contributed by atoms with E-state index in [4.69, 9.17) is 25.8 Å². The monoisotopic (exact) mass is 390 g/mol. The average Bonchev–Trinajstić information content (AvgIpc) is 2.73. The molecule has 0 radical (unpaired) electrons. The Hall–Kier alpha value is -2.44. The summed E-state index contributed by atoms with van der Waals surface area (Å²) in [6.45, 7) is 2.24. The number of halogens is 1. The van der Waals surface area contributed by atoms with Gasteiger partial charge in [-0.3, -0.25) is 4.79 Å². The molecular formula is C20H23ClN2O4. The molecule has 1 atom stereocenters. The quantitative estimate of drug-likeness (QED) is 0.819. The number of carbonyl (C=O) groups excluding carboxylic acids is 1. The van der Waals surface area contributed by atoms with Gasteiger partial charge in [-0.25, -0.2) is 0 Å². The zero-order valence-electron chi connectivity index (χ0n) is 15.4. The summed E-state index contributed by atoms with van der Waals surface area (Å²) in [5.74, 6) is 1.04. The number of nitrogens with zero attached hydrogens (tertiary/aromatic N) is 1. The molecule has 0 spiro atoms. The van der Waals surface area contributed by atoms with E-state index in [9.17, 15) is 4.79 Å². The van der Waals surface area contributed by atoms with Crippen LogP contribution in [0.5, 0.6) is 11.5 Å². The van der Waals surface area contributed by atoms with E-state index in [1.807, 2.05) is 35.2 Å². The van der Waals surface area contributed by atoms with Crippen LogP contribution in [-0.4, -0.2) is 51.3 Å². The van der Waals surface area contributed by atoms with Crippen molar-refractivity contribution in [3.8, 4) is 11.5 Å². The third-order valence-corrected chi connectivity index (χ3v) is 4.77. The topological polar surface area (TPSA) is 60.0 Å². The fourth-order valence-electron chi connectivity index (χ4n) is 3.03. The van der Waals surface area contributed by atoms with Crippen LogP contribution in [0.3, 0.4) is 0 Å². The molecule has 0 aromatic heterocycles. The largest absolute Gasteiger partial charge is 0.495 e. The van der Waals surface area contributed by atoms with Crippen molar-refractivity contribution in [2.24, 2.45) is 0 Å². The number of anilines is 1. The van der Waals surface area contributed by atoms with Crippen molar-refractivity contribution >= 4 is 23.2 Å². The summed E-state index contributed by atoms with van der Waals surface area (Å²) in [4.78, 5) is 15.0. The number of methoxy groups -OCH3 is 2. The molecule has 1 aliphatic heterocycles.